The Morgan fingerprint density at radius 2 is 1.82 bits per heavy atom. The van der Waals surface area contributed by atoms with Gasteiger partial charge in [-0.1, -0.05) is 0 Å². The van der Waals surface area contributed by atoms with Gasteiger partial charge < -0.3 is 15.2 Å². The molecule has 1 aromatic carbocycles. The molecule has 2 N–H and O–H groups in total. The first kappa shape index (κ1) is 13.8. The number of benzene rings is 1. The molecule has 0 fully saturated rings. The smallest absolute Gasteiger partial charge is 0.179 e. The van der Waals surface area contributed by atoms with Gasteiger partial charge in [-0.25, -0.2) is 8.42 Å². The van der Waals surface area contributed by atoms with Crippen molar-refractivity contribution in [2.24, 2.45) is 5.73 Å². The Hall–Kier alpha value is -1.27. The zero-order chi connectivity index (χ0) is 13.2. The average molecular weight is 259 g/mol. The van der Waals surface area contributed by atoms with Crippen LogP contribution in [0.2, 0.25) is 0 Å². The first-order valence-electron chi connectivity index (χ1n) is 5.02. The molecule has 0 aliphatic carbocycles. The Kier molecular flexibility index (Phi) is 4.00. The van der Waals surface area contributed by atoms with Crippen LogP contribution < -0.4 is 15.2 Å². The molecule has 1 rings (SSSR count). The molecule has 0 aliphatic rings. The summed E-state index contributed by atoms with van der Waals surface area (Å²) in [5.74, 6) is 0.724. The molecule has 1 atom stereocenters. The summed E-state index contributed by atoms with van der Waals surface area (Å²) in [7, 11) is -0.505. The van der Waals surface area contributed by atoms with E-state index in [-0.39, 0.29) is 16.7 Å². The number of hydrogen-bond donors (Lipinski definition) is 1. The highest BCUT2D eigenvalue weighted by Crippen LogP contribution is 2.35. The molecule has 0 heterocycles. The minimum absolute atomic E-state index is 0.0895. The van der Waals surface area contributed by atoms with Gasteiger partial charge in [0.15, 0.2) is 9.84 Å². The Labute approximate surface area is 101 Å². The topological polar surface area (TPSA) is 78.6 Å². The number of sulfone groups is 1. The number of hydrogen-bond acceptors (Lipinski definition) is 5. The fraction of sp³-hybridized carbons (Fsp3) is 0.455. The van der Waals surface area contributed by atoms with E-state index in [0.29, 0.717) is 11.3 Å². The summed E-state index contributed by atoms with van der Waals surface area (Å²) >= 11 is 0. The first-order valence-corrected chi connectivity index (χ1v) is 6.92. The van der Waals surface area contributed by atoms with Crippen molar-refractivity contribution in [3.8, 4) is 11.5 Å². The lowest BCUT2D eigenvalue weighted by molar-refractivity contribution is 0.385. The molecular formula is C11H17NO4S. The molecule has 0 saturated heterocycles. The third-order valence-corrected chi connectivity index (χ3v) is 3.49. The summed E-state index contributed by atoms with van der Waals surface area (Å²) in [6, 6.07) is 2.76. The van der Waals surface area contributed by atoms with Crippen molar-refractivity contribution in [2.45, 2.75) is 17.9 Å². The fourth-order valence-electron chi connectivity index (χ4n) is 1.55. The molecule has 6 heteroatoms. The van der Waals surface area contributed by atoms with E-state index in [1.54, 1.807) is 13.0 Å². The average Bonchev–Trinajstić information content (AvgIpc) is 2.25. The van der Waals surface area contributed by atoms with Crippen LogP contribution in [0.15, 0.2) is 17.0 Å². The standard InChI is InChI=1S/C11H17NO4S/c1-7(12)9-5-8(15-2)6-10(11(9)16-3)17(4,13)14/h5-7H,12H2,1-4H3. The molecule has 0 amide bonds. The van der Waals surface area contributed by atoms with Crippen LogP contribution in [0, 0.1) is 0 Å². The van der Waals surface area contributed by atoms with Crippen molar-refractivity contribution < 1.29 is 17.9 Å². The normalized spacial score (nSPS) is 13.2. The summed E-state index contributed by atoms with van der Waals surface area (Å²) in [4.78, 5) is 0.0895. The van der Waals surface area contributed by atoms with Crippen LogP contribution in [-0.4, -0.2) is 28.9 Å². The van der Waals surface area contributed by atoms with E-state index in [9.17, 15) is 8.42 Å². The summed E-state index contributed by atoms with van der Waals surface area (Å²) in [5.41, 5.74) is 6.40. The maximum atomic E-state index is 11.7. The highest BCUT2D eigenvalue weighted by Gasteiger charge is 2.21. The summed E-state index contributed by atoms with van der Waals surface area (Å²) in [6.07, 6.45) is 1.12. The molecule has 1 aromatic rings. The zero-order valence-electron chi connectivity index (χ0n) is 10.4. The molecular weight excluding hydrogens is 242 g/mol. The van der Waals surface area contributed by atoms with E-state index < -0.39 is 9.84 Å². The van der Waals surface area contributed by atoms with Crippen molar-refractivity contribution in [3.05, 3.63) is 17.7 Å². The largest absolute Gasteiger partial charge is 0.497 e. The SMILES string of the molecule is COc1cc(C(C)N)c(OC)c(S(C)(=O)=O)c1. The van der Waals surface area contributed by atoms with Gasteiger partial charge in [-0.3, -0.25) is 0 Å². The van der Waals surface area contributed by atoms with Crippen LogP contribution in [0.4, 0.5) is 0 Å². The van der Waals surface area contributed by atoms with Crippen LogP contribution in [0.5, 0.6) is 11.5 Å². The van der Waals surface area contributed by atoms with Crippen molar-refractivity contribution in [1.29, 1.82) is 0 Å². The maximum Gasteiger partial charge on any atom is 0.179 e. The number of rotatable bonds is 4. The molecule has 0 spiro atoms. The van der Waals surface area contributed by atoms with E-state index in [1.165, 1.54) is 20.3 Å². The van der Waals surface area contributed by atoms with Gasteiger partial charge in [0.25, 0.3) is 0 Å². The lowest BCUT2D eigenvalue weighted by Crippen LogP contribution is -2.11. The quantitative estimate of drug-likeness (QED) is 0.876. The Bertz CT molecular complexity index is 508. The highest BCUT2D eigenvalue weighted by molar-refractivity contribution is 7.90. The number of methoxy groups -OCH3 is 2. The van der Waals surface area contributed by atoms with Crippen LogP contribution >= 0.6 is 0 Å². The predicted molar refractivity (Wildman–Crippen MR) is 65.3 cm³/mol. The van der Waals surface area contributed by atoms with Gasteiger partial charge in [0, 0.05) is 23.9 Å². The molecule has 0 saturated carbocycles. The molecule has 1 unspecified atom stereocenters. The van der Waals surface area contributed by atoms with Gasteiger partial charge >= 0.3 is 0 Å². The fourth-order valence-corrected chi connectivity index (χ4v) is 2.42. The minimum Gasteiger partial charge on any atom is -0.497 e. The van der Waals surface area contributed by atoms with E-state index in [0.717, 1.165) is 6.26 Å². The lowest BCUT2D eigenvalue weighted by atomic mass is 10.1. The minimum atomic E-state index is -3.39. The van der Waals surface area contributed by atoms with E-state index in [2.05, 4.69) is 0 Å². The third-order valence-electron chi connectivity index (χ3n) is 2.39. The predicted octanol–water partition coefficient (Wildman–Crippen LogP) is 1.13. The zero-order valence-corrected chi connectivity index (χ0v) is 11.2. The lowest BCUT2D eigenvalue weighted by Gasteiger charge is -2.16. The van der Waals surface area contributed by atoms with E-state index >= 15 is 0 Å². The molecule has 96 valence electrons. The van der Waals surface area contributed by atoms with Crippen molar-refractivity contribution in [3.63, 3.8) is 0 Å². The van der Waals surface area contributed by atoms with Gasteiger partial charge in [-0.2, -0.15) is 0 Å². The molecule has 17 heavy (non-hydrogen) atoms. The van der Waals surface area contributed by atoms with Crippen LogP contribution in [0.1, 0.15) is 18.5 Å². The van der Waals surface area contributed by atoms with Gasteiger partial charge in [-0.15, -0.1) is 0 Å². The van der Waals surface area contributed by atoms with E-state index in [4.69, 9.17) is 15.2 Å². The Morgan fingerprint density at radius 1 is 1.24 bits per heavy atom. The van der Waals surface area contributed by atoms with Crippen molar-refractivity contribution in [2.75, 3.05) is 20.5 Å². The second-order valence-corrected chi connectivity index (χ2v) is 5.79. The number of ether oxygens (including phenoxy) is 2. The molecule has 0 aliphatic heterocycles. The Morgan fingerprint density at radius 3 is 2.18 bits per heavy atom. The molecule has 0 aromatic heterocycles. The van der Waals surface area contributed by atoms with Crippen LogP contribution in [0.25, 0.3) is 0 Å². The molecule has 0 radical (unpaired) electrons. The highest BCUT2D eigenvalue weighted by atomic mass is 32.2. The van der Waals surface area contributed by atoms with Crippen molar-refractivity contribution in [1.82, 2.24) is 0 Å². The van der Waals surface area contributed by atoms with Gasteiger partial charge in [-0.05, 0) is 13.0 Å². The van der Waals surface area contributed by atoms with Crippen LogP contribution in [0.3, 0.4) is 0 Å². The summed E-state index contributed by atoms with van der Waals surface area (Å²) in [6.45, 7) is 1.75. The Balaban J connectivity index is 3.63. The van der Waals surface area contributed by atoms with E-state index in [1.807, 2.05) is 0 Å². The van der Waals surface area contributed by atoms with Gasteiger partial charge in [0.05, 0.1) is 14.2 Å². The summed E-state index contributed by atoms with van der Waals surface area (Å²) in [5, 5.41) is 0. The maximum absolute atomic E-state index is 11.7. The second-order valence-electron chi connectivity index (χ2n) is 3.81. The van der Waals surface area contributed by atoms with Gasteiger partial charge in [0.2, 0.25) is 0 Å². The van der Waals surface area contributed by atoms with Crippen molar-refractivity contribution >= 4 is 9.84 Å². The summed E-state index contributed by atoms with van der Waals surface area (Å²) < 4.78 is 33.6. The monoisotopic (exact) mass is 259 g/mol. The van der Waals surface area contributed by atoms with Gasteiger partial charge in [0.1, 0.15) is 16.4 Å². The van der Waals surface area contributed by atoms with Crippen LogP contribution in [-0.2, 0) is 9.84 Å². The third kappa shape index (κ3) is 2.89. The second kappa shape index (κ2) is 4.93. The first-order chi connectivity index (χ1) is 7.81. The molecule has 0 bridgehead atoms. The number of nitrogens with two attached hydrogens (primary N) is 1. The molecule has 5 nitrogen and oxygen atoms in total.